The number of terminal acetylenes is 1. The highest BCUT2D eigenvalue weighted by atomic mass is 15.3. The van der Waals surface area contributed by atoms with E-state index in [1.54, 1.807) is 0 Å². The summed E-state index contributed by atoms with van der Waals surface area (Å²) in [6.45, 7) is 3.49. The van der Waals surface area contributed by atoms with Gasteiger partial charge in [0.1, 0.15) is 0 Å². The Morgan fingerprint density at radius 2 is 2.31 bits per heavy atom. The second-order valence-electron chi connectivity index (χ2n) is 4.44. The van der Waals surface area contributed by atoms with Crippen molar-refractivity contribution in [2.45, 2.75) is 5.54 Å². The number of para-hydroxylation sites is 1. The van der Waals surface area contributed by atoms with Crippen LogP contribution < -0.4 is 15.5 Å². The van der Waals surface area contributed by atoms with E-state index in [0.717, 1.165) is 19.8 Å². The van der Waals surface area contributed by atoms with Crippen molar-refractivity contribution in [2.75, 3.05) is 31.2 Å². The Kier molecular flexibility index (Phi) is 2.13. The molecule has 0 aliphatic carbocycles. The molecule has 16 heavy (non-hydrogen) atoms. The molecule has 3 heteroatoms. The lowest BCUT2D eigenvalue weighted by atomic mass is 9.93. The third kappa shape index (κ3) is 1.24. The zero-order valence-corrected chi connectivity index (χ0v) is 9.16. The summed E-state index contributed by atoms with van der Waals surface area (Å²) >= 11 is 0. The third-order valence-corrected chi connectivity index (χ3v) is 3.48. The third-order valence-electron chi connectivity index (χ3n) is 3.48. The van der Waals surface area contributed by atoms with E-state index in [1.807, 2.05) is 0 Å². The fourth-order valence-corrected chi connectivity index (χ4v) is 2.77. The van der Waals surface area contributed by atoms with Crippen LogP contribution >= 0.6 is 0 Å². The molecule has 2 aliphatic heterocycles. The van der Waals surface area contributed by atoms with Gasteiger partial charge in [-0.3, -0.25) is 5.32 Å². The summed E-state index contributed by atoms with van der Waals surface area (Å²) in [5, 5.41) is 6.92. The molecular weight excluding hydrogens is 198 g/mol. The molecule has 82 valence electrons. The van der Waals surface area contributed by atoms with Crippen molar-refractivity contribution in [1.82, 2.24) is 10.6 Å². The van der Waals surface area contributed by atoms with E-state index in [1.165, 1.54) is 11.3 Å². The summed E-state index contributed by atoms with van der Waals surface area (Å²) in [5.74, 6) is 2.73. The molecule has 2 heterocycles. The molecule has 3 rings (SSSR count). The molecule has 0 amide bonds. The van der Waals surface area contributed by atoms with E-state index in [4.69, 9.17) is 6.42 Å². The highest BCUT2D eigenvalue weighted by molar-refractivity contribution is 5.63. The standard InChI is InChI=1S/C13H15N3/c1-2-7-16-9-13(8-14-10-15-13)11-5-3-4-6-12(11)16/h1,3-6,14-15H,7-10H2. The summed E-state index contributed by atoms with van der Waals surface area (Å²) in [5.41, 5.74) is 2.71. The molecule has 3 nitrogen and oxygen atoms in total. The van der Waals surface area contributed by atoms with Gasteiger partial charge in [0.05, 0.1) is 12.1 Å². The first-order valence-electron chi connectivity index (χ1n) is 5.59. The predicted octanol–water partition coefficient (Wildman–Crippen LogP) is 0.485. The van der Waals surface area contributed by atoms with Crippen LogP contribution in [0.1, 0.15) is 5.56 Å². The summed E-state index contributed by atoms with van der Waals surface area (Å²) < 4.78 is 0. The Balaban J connectivity index is 2.05. The lowest BCUT2D eigenvalue weighted by molar-refractivity contribution is 0.443. The average Bonchev–Trinajstić information content (AvgIpc) is 2.89. The van der Waals surface area contributed by atoms with Crippen molar-refractivity contribution < 1.29 is 0 Å². The van der Waals surface area contributed by atoms with E-state index in [0.29, 0.717) is 6.54 Å². The summed E-state index contributed by atoms with van der Waals surface area (Å²) in [4.78, 5) is 2.27. The number of rotatable bonds is 1. The average molecular weight is 213 g/mol. The quantitative estimate of drug-likeness (QED) is 0.665. The van der Waals surface area contributed by atoms with Gasteiger partial charge in [-0.15, -0.1) is 6.42 Å². The second kappa shape index (κ2) is 3.51. The zero-order chi connectivity index (χ0) is 11.0. The van der Waals surface area contributed by atoms with Crippen LogP contribution in [0.5, 0.6) is 0 Å². The number of benzene rings is 1. The van der Waals surface area contributed by atoms with Crippen LogP contribution in [-0.2, 0) is 5.54 Å². The van der Waals surface area contributed by atoms with Crippen LogP contribution in [0.4, 0.5) is 5.69 Å². The number of nitrogens with zero attached hydrogens (tertiary/aromatic N) is 1. The molecule has 0 aromatic heterocycles. The highest BCUT2D eigenvalue weighted by Crippen LogP contribution is 2.39. The molecule has 1 aromatic rings. The van der Waals surface area contributed by atoms with Crippen LogP contribution in [0.15, 0.2) is 24.3 Å². The molecule has 1 unspecified atom stereocenters. The molecule has 1 spiro atoms. The Morgan fingerprint density at radius 1 is 1.44 bits per heavy atom. The molecular formula is C13H15N3. The van der Waals surface area contributed by atoms with E-state index in [9.17, 15) is 0 Å². The molecule has 1 fully saturated rings. The van der Waals surface area contributed by atoms with Gasteiger partial charge in [0.25, 0.3) is 0 Å². The normalized spacial score (nSPS) is 27.1. The van der Waals surface area contributed by atoms with Crippen molar-refractivity contribution in [3.63, 3.8) is 0 Å². The number of nitrogens with one attached hydrogen (secondary N) is 2. The SMILES string of the molecule is C#CCN1CC2(CNCN2)c2ccccc21. The van der Waals surface area contributed by atoms with Gasteiger partial charge >= 0.3 is 0 Å². The first-order chi connectivity index (χ1) is 7.86. The monoisotopic (exact) mass is 213 g/mol. The van der Waals surface area contributed by atoms with Crippen LogP contribution in [0.25, 0.3) is 0 Å². The summed E-state index contributed by atoms with van der Waals surface area (Å²) in [6, 6.07) is 8.52. The molecule has 1 atom stereocenters. The molecule has 1 saturated heterocycles. The first-order valence-corrected chi connectivity index (χ1v) is 5.59. The highest BCUT2D eigenvalue weighted by Gasteiger charge is 2.43. The smallest absolute Gasteiger partial charge is 0.0792 e. The Hall–Kier alpha value is -1.50. The Bertz CT molecular complexity index is 441. The molecule has 2 N–H and O–H groups in total. The van der Waals surface area contributed by atoms with Gasteiger partial charge in [0.15, 0.2) is 0 Å². The fraction of sp³-hybridized carbons (Fsp3) is 0.385. The molecule has 0 radical (unpaired) electrons. The van der Waals surface area contributed by atoms with Crippen molar-refractivity contribution in [1.29, 1.82) is 0 Å². The lowest BCUT2D eigenvalue weighted by Crippen LogP contribution is -2.44. The topological polar surface area (TPSA) is 27.3 Å². The number of hydrogen-bond acceptors (Lipinski definition) is 3. The molecule has 0 saturated carbocycles. The van der Waals surface area contributed by atoms with Gasteiger partial charge in [-0.25, -0.2) is 0 Å². The largest absolute Gasteiger partial charge is 0.358 e. The predicted molar refractivity (Wildman–Crippen MR) is 65.2 cm³/mol. The van der Waals surface area contributed by atoms with Crippen LogP contribution in [-0.4, -0.2) is 26.3 Å². The number of hydrogen-bond donors (Lipinski definition) is 2. The molecule has 0 bridgehead atoms. The van der Waals surface area contributed by atoms with Crippen molar-refractivity contribution in [3.05, 3.63) is 29.8 Å². The van der Waals surface area contributed by atoms with Crippen LogP contribution in [0, 0.1) is 12.3 Å². The Morgan fingerprint density at radius 3 is 3.06 bits per heavy atom. The van der Waals surface area contributed by atoms with Gasteiger partial charge in [-0.05, 0) is 11.6 Å². The first kappa shape index (κ1) is 9.71. The van der Waals surface area contributed by atoms with Crippen LogP contribution in [0.2, 0.25) is 0 Å². The van der Waals surface area contributed by atoms with Gasteiger partial charge in [-0.1, -0.05) is 24.1 Å². The van der Waals surface area contributed by atoms with Crippen LogP contribution in [0.3, 0.4) is 0 Å². The Labute approximate surface area is 95.8 Å². The second-order valence-corrected chi connectivity index (χ2v) is 4.44. The van der Waals surface area contributed by atoms with Gasteiger partial charge in [0.2, 0.25) is 0 Å². The van der Waals surface area contributed by atoms with E-state index in [-0.39, 0.29) is 5.54 Å². The number of anilines is 1. The van der Waals surface area contributed by atoms with E-state index >= 15 is 0 Å². The molecule has 1 aromatic carbocycles. The minimum atomic E-state index is 0.0629. The van der Waals surface area contributed by atoms with E-state index in [2.05, 4.69) is 45.7 Å². The van der Waals surface area contributed by atoms with Gasteiger partial charge < -0.3 is 10.2 Å². The zero-order valence-electron chi connectivity index (χ0n) is 9.16. The fourth-order valence-electron chi connectivity index (χ4n) is 2.77. The maximum Gasteiger partial charge on any atom is 0.0792 e. The lowest BCUT2D eigenvalue weighted by Gasteiger charge is -2.24. The maximum atomic E-state index is 5.42. The summed E-state index contributed by atoms with van der Waals surface area (Å²) in [7, 11) is 0. The number of fused-ring (bicyclic) bond motifs is 2. The van der Waals surface area contributed by atoms with Gasteiger partial charge in [0, 0.05) is 25.4 Å². The van der Waals surface area contributed by atoms with Crippen molar-refractivity contribution in [2.24, 2.45) is 0 Å². The molecule has 2 aliphatic rings. The summed E-state index contributed by atoms with van der Waals surface area (Å²) in [6.07, 6.45) is 5.42. The minimum Gasteiger partial charge on any atom is -0.358 e. The maximum absolute atomic E-state index is 5.42. The van der Waals surface area contributed by atoms with E-state index < -0.39 is 0 Å². The minimum absolute atomic E-state index is 0.0629. The van der Waals surface area contributed by atoms with Gasteiger partial charge in [-0.2, -0.15) is 0 Å². The van der Waals surface area contributed by atoms with Crippen molar-refractivity contribution >= 4 is 5.69 Å². The van der Waals surface area contributed by atoms with Crippen molar-refractivity contribution in [3.8, 4) is 12.3 Å².